The minimum atomic E-state index is -1.41. The third kappa shape index (κ3) is 12.2. The van der Waals surface area contributed by atoms with Crippen LogP contribution in [0, 0.1) is 11.8 Å². The van der Waals surface area contributed by atoms with Crippen LogP contribution in [0.3, 0.4) is 0 Å². The Morgan fingerprint density at radius 3 is 1.94 bits per heavy atom. The molecule has 0 bridgehead atoms. The number of hydrogen-bond acceptors (Lipinski definition) is 7. The topological polar surface area (TPSA) is 188 Å². The molecule has 0 aliphatic heterocycles. The van der Waals surface area contributed by atoms with Crippen molar-refractivity contribution in [2.45, 2.75) is 84.0 Å². The van der Waals surface area contributed by atoms with Crippen molar-refractivity contribution in [2.24, 2.45) is 17.6 Å². The highest BCUT2D eigenvalue weighted by molar-refractivity contribution is 7.98. The van der Waals surface area contributed by atoms with E-state index in [4.69, 9.17) is 10.8 Å². The molecular formula is C22H40N4O7S. The fourth-order valence-electron chi connectivity index (χ4n) is 3.10. The summed E-state index contributed by atoms with van der Waals surface area (Å²) in [6, 6.07) is -4.17. The highest BCUT2D eigenvalue weighted by Gasteiger charge is 2.33. The Kier molecular flexibility index (Phi) is 15.2. The zero-order chi connectivity index (χ0) is 26.4. The molecule has 11 nitrogen and oxygen atoms in total. The highest BCUT2D eigenvalue weighted by atomic mass is 32.2. The van der Waals surface area contributed by atoms with Gasteiger partial charge in [-0.2, -0.15) is 11.8 Å². The maximum atomic E-state index is 13.1. The van der Waals surface area contributed by atoms with Crippen molar-refractivity contribution < 1.29 is 34.2 Å². The number of rotatable bonds is 17. The van der Waals surface area contributed by atoms with Crippen LogP contribution in [-0.4, -0.2) is 76.0 Å². The second kappa shape index (κ2) is 16.3. The first kappa shape index (κ1) is 31.7. The van der Waals surface area contributed by atoms with E-state index < -0.39 is 60.2 Å². The molecule has 0 aromatic carbocycles. The summed E-state index contributed by atoms with van der Waals surface area (Å²) in [4.78, 5) is 60.7. The Morgan fingerprint density at radius 2 is 1.47 bits per heavy atom. The summed E-state index contributed by atoms with van der Waals surface area (Å²) >= 11 is 1.55. The van der Waals surface area contributed by atoms with Gasteiger partial charge in [-0.1, -0.05) is 34.1 Å². The molecule has 0 rings (SSSR count). The molecule has 5 atom stereocenters. The Morgan fingerprint density at radius 1 is 0.882 bits per heavy atom. The number of thioether (sulfide) groups is 1. The summed E-state index contributed by atoms with van der Waals surface area (Å²) in [5.74, 6) is -3.91. The standard InChI is InChI=1S/C22H40N4O7S/c1-6-13(4)18(21(31)24-15(22(32)33)7-8-17(27)28)26-20(30)16(11-12(2)3)25-19(29)14(23)9-10-34-5/h12-16,18H,6-11,23H2,1-5H3,(H,24,31)(H,25,29)(H,26,30)(H,27,28)(H,32,33). The molecule has 34 heavy (non-hydrogen) atoms. The molecule has 12 heteroatoms. The Labute approximate surface area is 205 Å². The van der Waals surface area contributed by atoms with Gasteiger partial charge in [-0.3, -0.25) is 19.2 Å². The summed E-state index contributed by atoms with van der Waals surface area (Å²) in [5, 5.41) is 25.8. The molecule has 0 heterocycles. The number of nitrogens with two attached hydrogens (primary N) is 1. The van der Waals surface area contributed by atoms with Crippen LogP contribution in [0.25, 0.3) is 0 Å². The smallest absolute Gasteiger partial charge is 0.326 e. The number of carboxylic acid groups (broad SMARTS) is 2. The van der Waals surface area contributed by atoms with Gasteiger partial charge >= 0.3 is 11.9 Å². The predicted molar refractivity (Wildman–Crippen MR) is 130 cm³/mol. The van der Waals surface area contributed by atoms with Crippen molar-refractivity contribution in [1.29, 1.82) is 0 Å². The van der Waals surface area contributed by atoms with Gasteiger partial charge in [-0.25, -0.2) is 4.79 Å². The van der Waals surface area contributed by atoms with Crippen molar-refractivity contribution in [3.05, 3.63) is 0 Å². The van der Waals surface area contributed by atoms with E-state index in [0.717, 1.165) is 0 Å². The minimum Gasteiger partial charge on any atom is -0.481 e. The average molecular weight is 505 g/mol. The van der Waals surface area contributed by atoms with E-state index in [-0.39, 0.29) is 18.3 Å². The molecular weight excluding hydrogens is 464 g/mol. The highest BCUT2D eigenvalue weighted by Crippen LogP contribution is 2.12. The second-order valence-electron chi connectivity index (χ2n) is 8.78. The minimum absolute atomic E-state index is 0.0572. The lowest BCUT2D eigenvalue weighted by Crippen LogP contribution is -2.58. The molecule has 0 saturated heterocycles. The average Bonchev–Trinajstić information content (AvgIpc) is 2.76. The van der Waals surface area contributed by atoms with Gasteiger partial charge < -0.3 is 31.9 Å². The van der Waals surface area contributed by atoms with Gasteiger partial charge in [0.1, 0.15) is 18.1 Å². The van der Waals surface area contributed by atoms with Crippen molar-refractivity contribution in [1.82, 2.24) is 16.0 Å². The largest absolute Gasteiger partial charge is 0.481 e. The van der Waals surface area contributed by atoms with Gasteiger partial charge in [-0.05, 0) is 43.1 Å². The van der Waals surface area contributed by atoms with Crippen LogP contribution in [0.5, 0.6) is 0 Å². The first-order chi connectivity index (χ1) is 15.8. The fraction of sp³-hybridized carbons (Fsp3) is 0.773. The fourth-order valence-corrected chi connectivity index (χ4v) is 3.59. The predicted octanol–water partition coefficient (Wildman–Crippen LogP) is 0.563. The molecule has 0 aromatic rings. The second-order valence-corrected chi connectivity index (χ2v) is 9.77. The number of aliphatic carboxylic acids is 2. The lowest BCUT2D eigenvalue weighted by molar-refractivity contribution is -0.143. The molecule has 5 unspecified atom stereocenters. The Balaban J connectivity index is 5.51. The number of nitrogens with one attached hydrogen (secondary N) is 3. The summed E-state index contributed by atoms with van der Waals surface area (Å²) in [7, 11) is 0. The van der Waals surface area contributed by atoms with Gasteiger partial charge in [0.2, 0.25) is 17.7 Å². The van der Waals surface area contributed by atoms with E-state index in [0.29, 0.717) is 25.0 Å². The van der Waals surface area contributed by atoms with Gasteiger partial charge in [0.25, 0.3) is 0 Å². The molecule has 0 fully saturated rings. The Hall–Kier alpha value is -2.34. The van der Waals surface area contributed by atoms with Crippen LogP contribution < -0.4 is 21.7 Å². The van der Waals surface area contributed by atoms with E-state index in [9.17, 15) is 29.1 Å². The molecule has 3 amide bonds. The van der Waals surface area contributed by atoms with Gasteiger partial charge in [0.05, 0.1) is 6.04 Å². The van der Waals surface area contributed by atoms with Crippen LogP contribution in [0.4, 0.5) is 0 Å². The number of hydrogen-bond donors (Lipinski definition) is 6. The lowest BCUT2D eigenvalue weighted by atomic mass is 9.96. The SMILES string of the molecule is CCC(C)C(NC(=O)C(CC(C)C)NC(=O)C(N)CCSC)C(=O)NC(CCC(=O)O)C(=O)O. The molecule has 0 aromatic heterocycles. The maximum Gasteiger partial charge on any atom is 0.326 e. The third-order valence-electron chi connectivity index (χ3n) is 5.36. The quantitative estimate of drug-likeness (QED) is 0.164. The molecule has 0 spiro atoms. The number of amides is 3. The van der Waals surface area contributed by atoms with Gasteiger partial charge in [0.15, 0.2) is 0 Å². The van der Waals surface area contributed by atoms with Crippen LogP contribution in [-0.2, 0) is 24.0 Å². The normalized spacial score (nSPS) is 15.5. The van der Waals surface area contributed by atoms with Crippen LogP contribution >= 0.6 is 11.8 Å². The maximum absolute atomic E-state index is 13.1. The van der Waals surface area contributed by atoms with E-state index >= 15 is 0 Å². The van der Waals surface area contributed by atoms with Crippen molar-refractivity contribution in [3.8, 4) is 0 Å². The Bertz CT molecular complexity index is 705. The molecule has 7 N–H and O–H groups in total. The van der Waals surface area contributed by atoms with Crippen molar-refractivity contribution in [2.75, 3.05) is 12.0 Å². The van der Waals surface area contributed by atoms with Gasteiger partial charge in [0, 0.05) is 6.42 Å². The number of carbonyl (C=O) groups excluding carboxylic acids is 3. The van der Waals surface area contributed by atoms with Crippen LogP contribution in [0.15, 0.2) is 0 Å². The summed E-state index contributed by atoms with van der Waals surface area (Å²) in [6.07, 6.45) is 2.45. The third-order valence-corrected chi connectivity index (χ3v) is 6.01. The molecule has 0 radical (unpaired) electrons. The van der Waals surface area contributed by atoms with Crippen molar-refractivity contribution in [3.63, 3.8) is 0 Å². The monoisotopic (exact) mass is 504 g/mol. The lowest BCUT2D eigenvalue weighted by Gasteiger charge is -2.28. The molecule has 196 valence electrons. The zero-order valence-electron chi connectivity index (χ0n) is 20.6. The van der Waals surface area contributed by atoms with Crippen LogP contribution in [0.2, 0.25) is 0 Å². The van der Waals surface area contributed by atoms with E-state index in [1.54, 1.807) is 18.7 Å². The summed E-state index contributed by atoms with van der Waals surface area (Å²) < 4.78 is 0. The van der Waals surface area contributed by atoms with E-state index in [2.05, 4.69) is 16.0 Å². The molecule has 0 aliphatic rings. The first-order valence-electron chi connectivity index (χ1n) is 11.4. The van der Waals surface area contributed by atoms with Crippen LogP contribution in [0.1, 0.15) is 59.8 Å². The van der Waals surface area contributed by atoms with E-state index in [1.165, 1.54) is 0 Å². The summed E-state index contributed by atoms with van der Waals surface area (Å²) in [5.41, 5.74) is 5.92. The van der Waals surface area contributed by atoms with Gasteiger partial charge in [-0.15, -0.1) is 0 Å². The van der Waals surface area contributed by atoms with E-state index in [1.807, 2.05) is 27.0 Å². The number of carbonyl (C=O) groups is 5. The van der Waals surface area contributed by atoms with Crippen molar-refractivity contribution >= 4 is 41.4 Å². The zero-order valence-corrected chi connectivity index (χ0v) is 21.4. The molecule has 0 aliphatic carbocycles. The summed E-state index contributed by atoms with van der Waals surface area (Å²) in [6.45, 7) is 7.32. The first-order valence-corrected chi connectivity index (χ1v) is 12.8. The number of carboxylic acids is 2. The molecule has 0 saturated carbocycles.